The Morgan fingerprint density at radius 2 is 2.19 bits per heavy atom. The second-order valence-electron chi connectivity index (χ2n) is 5.61. The Balaban J connectivity index is 2.07. The van der Waals surface area contributed by atoms with Crippen LogP contribution in [0.5, 0.6) is 0 Å². The summed E-state index contributed by atoms with van der Waals surface area (Å²) >= 11 is 8.38. The highest BCUT2D eigenvalue weighted by Crippen LogP contribution is 2.27. The van der Waals surface area contributed by atoms with Crippen molar-refractivity contribution in [2.45, 2.75) is 6.42 Å². The maximum atomic E-state index is 14.3. The molecule has 5 nitrogen and oxygen atoms in total. The molecule has 0 saturated heterocycles. The summed E-state index contributed by atoms with van der Waals surface area (Å²) in [6.45, 7) is -0.345. The van der Waals surface area contributed by atoms with Crippen LogP contribution in [0.4, 0.5) is 4.39 Å². The number of Topliss-reactive ketones (excluding diaryl/α,β-unsaturated/α-hetero) is 1. The van der Waals surface area contributed by atoms with Gasteiger partial charge in [0.15, 0.2) is 5.78 Å². The first-order valence-corrected chi connectivity index (χ1v) is 9.26. The molecule has 0 fully saturated rings. The van der Waals surface area contributed by atoms with Crippen LogP contribution in [0, 0.1) is 9.39 Å². The Labute approximate surface area is 167 Å². The SMILES string of the molecule is O=C(COCCO)c1c(Cl)cc2cncn2c1Cc1ccc(I)cc1F. The molecule has 0 unspecified atom stereocenters. The summed E-state index contributed by atoms with van der Waals surface area (Å²) in [7, 11) is 0. The third-order valence-electron chi connectivity index (χ3n) is 3.88. The van der Waals surface area contributed by atoms with Crippen LogP contribution in [0.15, 0.2) is 36.8 Å². The summed E-state index contributed by atoms with van der Waals surface area (Å²) in [6, 6.07) is 6.58. The first kappa shape index (κ1) is 19.2. The Bertz CT molecular complexity index is 961. The molecule has 2 heterocycles. The maximum absolute atomic E-state index is 14.3. The molecular formula is C18H15ClFIN2O3. The van der Waals surface area contributed by atoms with Gasteiger partial charge < -0.3 is 14.2 Å². The second kappa shape index (κ2) is 8.43. The molecule has 0 aliphatic rings. The number of carbonyl (C=O) groups excluding carboxylic acids is 1. The van der Waals surface area contributed by atoms with Gasteiger partial charge in [-0.15, -0.1) is 0 Å². The molecule has 0 aliphatic heterocycles. The van der Waals surface area contributed by atoms with Gasteiger partial charge in [-0.2, -0.15) is 0 Å². The molecule has 0 radical (unpaired) electrons. The van der Waals surface area contributed by atoms with Crippen molar-refractivity contribution in [2.75, 3.05) is 19.8 Å². The van der Waals surface area contributed by atoms with E-state index in [-0.39, 0.29) is 48.4 Å². The van der Waals surface area contributed by atoms with Gasteiger partial charge in [0.1, 0.15) is 12.4 Å². The molecule has 1 aromatic carbocycles. The van der Waals surface area contributed by atoms with E-state index in [1.165, 1.54) is 6.07 Å². The van der Waals surface area contributed by atoms with Crippen LogP contribution in [0.1, 0.15) is 21.6 Å². The van der Waals surface area contributed by atoms with Crippen LogP contribution in [0.2, 0.25) is 5.02 Å². The number of nitrogens with zero attached hydrogens (tertiary/aromatic N) is 2. The number of aliphatic hydroxyl groups is 1. The predicted octanol–water partition coefficient (Wildman–Crippen LogP) is 3.51. The number of imidazole rings is 1. The Morgan fingerprint density at radius 3 is 2.92 bits per heavy atom. The van der Waals surface area contributed by atoms with E-state index in [1.807, 2.05) is 22.6 Å². The van der Waals surface area contributed by atoms with Crippen molar-refractivity contribution in [1.29, 1.82) is 0 Å². The Kier molecular flexibility index (Phi) is 6.23. The number of benzene rings is 1. The van der Waals surface area contributed by atoms with Crippen molar-refractivity contribution in [3.8, 4) is 0 Å². The molecule has 0 aliphatic carbocycles. The number of aliphatic hydroxyl groups excluding tert-OH is 1. The molecular weight excluding hydrogens is 474 g/mol. The molecule has 3 rings (SSSR count). The second-order valence-corrected chi connectivity index (χ2v) is 7.27. The molecule has 26 heavy (non-hydrogen) atoms. The fraction of sp³-hybridized carbons (Fsp3) is 0.222. The lowest BCUT2D eigenvalue weighted by atomic mass is 10.0. The van der Waals surface area contributed by atoms with Crippen LogP contribution in [-0.4, -0.2) is 40.1 Å². The Morgan fingerprint density at radius 1 is 1.38 bits per heavy atom. The number of ketones is 1. The highest BCUT2D eigenvalue weighted by Gasteiger charge is 2.21. The smallest absolute Gasteiger partial charge is 0.191 e. The maximum Gasteiger partial charge on any atom is 0.191 e. The fourth-order valence-corrected chi connectivity index (χ4v) is 3.49. The normalized spacial score (nSPS) is 11.2. The molecule has 0 spiro atoms. The summed E-state index contributed by atoms with van der Waals surface area (Å²) in [6.07, 6.45) is 3.37. The largest absolute Gasteiger partial charge is 0.394 e. The topological polar surface area (TPSA) is 63.8 Å². The number of carbonyl (C=O) groups is 1. The first-order valence-electron chi connectivity index (χ1n) is 7.80. The summed E-state index contributed by atoms with van der Waals surface area (Å²) < 4.78 is 22.0. The standard InChI is InChI=1S/C18H15ClFIN2O3/c19-14-7-13-8-22-10-23(13)16(18(14)17(25)9-26-4-3-24)5-11-1-2-12(21)6-15(11)20/h1-2,6-8,10,24H,3-5,9H2. The van der Waals surface area contributed by atoms with Gasteiger partial charge in [-0.1, -0.05) is 17.7 Å². The molecule has 3 aromatic rings. The lowest BCUT2D eigenvalue weighted by molar-refractivity contribution is 0.0663. The zero-order valence-corrected chi connectivity index (χ0v) is 16.5. The van der Waals surface area contributed by atoms with Gasteiger partial charge in [-0.3, -0.25) is 4.79 Å². The quantitative estimate of drug-likeness (QED) is 0.314. The van der Waals surface area contributed by atoms with E-state index in [0.29, 0.717) is 16.8 Å². The van der Waals surface area contributed by atoms with Crippen LogP contribution < -0.4 is 0 Å². The number of fused-ring (bicyclic) bond motifs is 1. The fourth-order valence-electron chi connectivity index (χ4n) is 2.71. The number of hydrogen-bond donors (Lipinski definition) is 1. The molecule has 0 bridgehead atoms. The van der Waals surface area contributed by atoms with E-state index in [9.17, 15) is 9.18 Å². The minimum absolute atomic E-state index is 0.0533. The zero-order chi connectivity index (χ0) is 18.7. The lowest BCUT2D eigenvalue weighted by Crippen LogP contribution is -2.16. The van der Waals surface area contributed by atoms with Gasteiger partial charge in [-0.05, 0) is 46.4 Å². The first-order chi connectivity index (χ1) is 12.5. The third-order valence-corrected chi connectivity index (χ3v) is 4.85. The lowest BCUT2D eigenvalue weighted by Gasteiger charge is -2.14. The van der Waals surface area contributed by atoms with Crippen molar-refractivity contribution in [2.24, 2.45) is 0 Å². The van der Waals surface area contributed by atoms with Crippen molar-refractivity contribution < 1.29 is 19.0 Å². The van der Waals surface area contributed by atoms with Crippen molar-refractivity contribution in [3.63, 3.8) is 0 Å². The van der Waals surface area contributed by atoms with Gasteiger partial charge in [0.25, 0.3) is 0 Å². The van der Waals surface area contributed by atoms with E-state index in [2.05, 4.69) is 4.98 Å². The molecule has 2 aromatic heterocycles. The molecule has 136 valence electrons. The van der Waals surface area contributed by atoms with E-state index in [0.717, 1.165) is 3.57 Å². The van der Waals surface area contributed by atoms with Crippen LogP contribution in [-0.2, 0) is 11.2 Å². The van der Waals surface area contributed by atoms with Crippen LogP contribution in [0.25, 0.3) is 5.52 Å². The number of pyridine rings is 1. The number of rotatable bonds is 7. The van der Waals surface area contributed by atoms with Gasteiger partial charge in [-0.25, -0.2) is 9.37 Å². The summed E-state index contributed by atoms with van der Waals surface area (Å²) in [5.41, 5.74) is 1.98. The number of hydrogen-bond acceptors (Lipinski definition) is 4. The average molecular weight is 489 g/mol. The van der Waals surface area contributed by atoms with Crippen molar-refractivity contribution in [3.05, 3.63) is 68.0 Å². The molecule has 0 saturated carbocycles. The molecule has 8 heteroatoms. The Hall–Kier alpha value is -1.55. The van der Waals surface area contributed by atoms with Crippen molar-refractivity contribution >= 4 is 45.5 Å². The number of halogens is 3. The van der Waals surface area contributed by atoms with Gasteiger partial charge in [0.2, 0.25) is 0 Å². The minimum Gasteiger partial charge on any atom is -0.394 e. The van der Waals surface area contributed by atoms with Crippen molar-refractivity contribution in [1.82, 2.24) is 9.38 Å². The molecule has 0 atom stereocenters. The highest BCUT2D eigenvalue weighted by molar-refractivity contribution is 14.1. The molecule has 0 amide bonds. The molecule has 1 N–H and O–H groups in total. The van der Waals surface area contributed by atoms with Crippen LogP contribution >= 0.6 is 34.2 Å². The van der Waals surface area contributed by atoms with Gasteiger partial charge in [0.05, 0.1) is 41.8 Å². The summed E-state index contributed by atoms with van der Waals surface area (Å²) in [5, 5.41) is 9.06. The van der Waals surface area contributed by atoms with E-state index >= 15 is 0 Å². The van der Waals surface area contributed by atoms with Crippen LogP contribution in [0.3, 0.4) is 0 Å². The highest BCUT2D eigenvalue weighted by atomic mass is 127. The van der Waals surface area contributed by atoms with Gasteiger partial charge in [0, 0.05) is 15.7 Å². The monoisotopic (exact) mass is 488 g/mol. The van der Waals surface area contributed by atoms with Gasteiger partial charge >= 0.3 is 0 Å². The van der Waals surface area contributed by atoms with E-state index in [1.54, 1.807) is 35.1 Å². The summed E-state index contributed by atoms with van der Waals surface area (Å²) in [4.78, 5) is 16.7. The van der Waals surface area contributed by atoms with E-state index < -0.39 is 0 Å². The third kappa shape index (κ3) is 4.06. The predicted molar refractivity (Wildman–Crippen MR) is 104 cm³/mol. The minimum atomic E-state index is -0.347. The summed E-state index contributed by atoms with van der Waals surface area (Å²) in [5.74, 6) is -0.681. The number of ether oxygens (including phenoxy) is 1. The number of aromatic nitrogens is 2. The zero-order valence-electron chi connectivity index (χ0n) is 13.6. The average Bonchev–Trinajstić information content (AvgIpc) is 3.05. The van der Waals surface area contributed by atoms with E-state index in [4.69, 9.17) is 21.4 Å².